The van der Waals surface area contributed by atoms with Crippen LogP contribution in [0.25, 0.3) is 0 Å². The van der Waals surface area contributed by atoms with Crippen molar-refractivity contribution in [1.29, 1.82) is 0 Å². The summed E-state index contributed by atoms with van der Waals surface area (Å²) >= 11 is 0. The van der Waals surface area contributed by atoms with Gasteiger partial charge in [0.25, 0.3) is 5.91 Å². The Hall–Kier alpha value is -1.70. The zero-order chi connectivity index (χ0) is 20.6. The molecule has 29 heavy (non-hydrogen) atoms. The lowest BCUT2D eigenvalue weighted by Gasteiger charge is -2.56. The van der Waals surface area contributed by atoms with E-state index in [-0.39, 0.29) is 29.4 Å². The van der Waals surface area contributed by atoms with Crippen LogP contribution in [-0.2, 0) is 10.0 Å². The molecule has 1 amide bonds. The number of alkyl halides is 1. The summed E-state index contributed by atoms with van der Waals surface area (Å²) < 4.78 is 60.5. The van der Waals surface area contributed by atoms with Crippen molar-refractivity contribution >= 4 is 15.9 Å². The molecule has 158 valence electrons. The van der Waals surface area contributed by atoms with Crippen molar-refractivity contribution in [2.75, 3.05) is 6.26 Å². The predicted octanol–water partition coefficient (Wildman–Crippen LogP) is 3.69. The largest absolute Gasteiger partial charge is 0.489 e. The van der Waals surface area contributed by atoms with E-state index in [1.807, 2.05) is 4.72 Å². The Morgan fingerprint density at radius 2 is 1.83 bits per heavy atom. The number of carbonyl (C=O) groups excluding carboxylic acids is 1. The van der Waals surface area contributed by atoms with Gasteiger partial charge in [0.05, 0.1) is 11.8 Å². The molecule has 4 bridgehead atoms. The lowest BCUT2D eigenvalue weighted by atomic mass is 9.53. The predicted molar refractivity (Wildman–Crippen MR) is 102 cm³/mol. The maximum atomic E-state index is 14.9. The molecule has 5 nitrogen and oxygen atoms in total. The van der Waals surface area contributed by atoms with Gasteiger partial charge in [0.1, 0.15) is 23.3 Å². The quantitative estimate of drug-likeness (QED) is 0.781. The standard InChI is InChI=1S/C21H25F2NO4S/c1-29(26,27)24-20(25)16-6-15(12-2-3-12)18(7-17(16)22)28-19-13-4-11-5-14(19)10-21(23,8-11)9-13/h6-7,11-14,19H,2-5,8-10H2,1H3,(H,24,25)/t11?,13?,14?,19-,21-. The van der Waals surface area contributed by atoms with Gasteiger partial charge in [-0.1, -0.05) is 0 Å². The maximum Gasteiger partial charge on any atom is 0.267 e. The van der Waals surface area contributed by atoms with Crippen molar-refractivity contribution in [2.45, 2.75) is 62.6 Å². The van der Waals surface area contributed by atoms with Crippen molar-refractivity contribution < 1.29 is 26.7 Å². The first-order valence-corrected chi connectivity index (χ1v) is 12.2. The summed E-state index contributed by atoms with van der Waals surface area (Å²) in [5.41, 5.74) is -0.611. The smallest absolute Gasteiger partial charge is 0.267 e. The molecule has 1 N–H and O–H groups in total. The molecule has 5 aliphatic carbocycles. The van der Waals surface area contributed by atoms with E-state index in [9.17, 15) is 22.0 Å². The fourth-order valence-corrected chi connectivity index (χ4v) is 6.45. The van der Waals surface area contributed by atoms with Crippen LogP contribution in [0.1, 0.15) is 66.8 Å². The van der Waals surface area contributed by atoms with Gasteiger partial charge in [-0.15, -0.1) is 0 Å². The minimum absolute atomic E-state index is 0.122. The number of halogens is 2. The summed E-state index contributed by atoms with van der Waals surface area (Å²) in [7, 11) is -3.79. The minimum Gasteiger partial charge on any atom is -0.489 e. The zero-order valence-corrected chi connectivity index (χ0v) is 17.1. The third-order valence-electron chi connectivity index (χ3n) is 7.01. The van der Waals surface area contributed by atoms with Crippen molar-refractivity contribution in [3.05, 3.63) is 29.1 Å². The van der Waals surface area contributed by atoms with Crippen LogP contribution < -0.4 is 9.46 Å². The number of rotatable bonds is 5. The highest BCUT2D eigenvalue weighted by Crippen LogP contribution is 2.58. The summed E-state index contributed by atoms with van der Waals surface area (Å²) in [6, 6.07) is 2.64. The number of amides is 1. The Morgan fingerprint density at radius 3 is 2.38 bits per heavy atom. The van der Waals surface area contributed by atoms with Gasteiger partial charge in [-0.3, -0.25) is 4.79 Å². The van der Waals surface area contributed by atoms with E-state index in [1.54, 1.807) is 0 Å². The van der Waals surface area contributed by atoms with E-state index in [1.165, 1.54) is 12.1 Å². The Balaban J connectivity index is 1.44. The summed E-state index contributed by atoms with van der Waals surface area (Å²) in [5.74, 6) is -0.460. The zero-order valence-electron chi connectivity index (χ0n) is 16.3. The van der Waals surface area contributed by atoms with Crippen molar-refractivity contribution in [3.63, 3.8) is 0 Å². The van der Waals surface area contributed by atoms with Gasteiger partial charge < -0.3 is 4.74 Å². The lowest BCUT2D eigenvalue weighted by molar-refractivity contribution is -0.134. The molecule has 0 aliphatic heterocycles. The number of hydrogen-bond acceptors (Lipinski definition) is 4. The molecule has 1 aromatic rings. The van der Waals surface area contributed by atoms with Crippen LogP contribution in [0.5, 0.6) is 5.75 Å². The van der Waals surface area contributed by atoms with Crippen LogP contribution >= 0.6 is 0 Å². The molecule has 5 saturated carbocycles. The average molecular weight is 425 g/mol. The molecule has 2 atom stereocenters. The van der Waals surface area contributed by atoms with Crippen molar-refractivity contribution in [3.8, 4) is 5.75 Å². The topological polar surface area (TPSA) is 72.5 Å². The number of benzene rings is 1. The molecule has 2 unspecified atom stereocenters. The van der Waals surface area contributed by atoms with Gasteiger partial charge in [-0.25, -0.2) is 21.9 Å². The van der Waals surface area contributed by atoms with Gasteiger partial charge in [-0.2, -0.15) is 0 Å². The summed E-state index contributed by atoms with van der Waals surface area (Å²) in [5, 5.41) is 0. The third kappa shape index (κ3) is 3.64. The number of carbonyl (C=O) groups is 1. The van der Waals surface area contributed by atoms with E-state index in [2.05, 4.69) is 0 Å². The van der Waals surface area contributed by atoms with E-state index in [0.717, 1.165) is 37.5 Å². The molecule has 8 heteroatoms. The molecular formula is C21H25F2NO4S. The Kier molecular flexibility index (Phi) is 4.25. The van der Waals surface area contributed by atoms with E-state index in [0.29, 0.717) is 30.9 Å². The van der Waals surface area contributed by atoms with Crippen LogP contribution in [-0.4, -0.2) is 32.4 Å². The molecule has 5 aliphatic rings. The Bertz CT molecular complexity index is 959. The van der Waals surface area contributed by atoms with Crippen LogP contribution in [0.15, 0.2) is 12.1 Å². The highest BCUT2D eigenvalue weighted by atomic mass is 32.2. The van der Waals surface area contributed by atoms with Crippen molar-refractivity contribution in [2.24, 2.45) is 17.8 Å². The van der Waals surface area contributed by atoms with E-state index < -0.39 is 27.4 Å². The van der Waals surface area contributed by atoms with Crippen LogP contribution in [0.4, 0.5) is 8.78 Å². The number of ether oxygens (including phenoxy) is 1. The molecule has 0 heterocycles. The summed E-state index contributed by atoms with van der Waals surface area (Å²) in [4.78, 5) is 12.2. The normalized spacial score (nSPS) is 35.6. The number of hydrogen-bond donors (Lipinski definition) is 1. The second kappa shape index (κ2) is 6.40. The molecule has 0 spiro atoms. The number of sulfonamides is 1. The van der Waals surface area contributed by atoms with Gasteiger partial charge in [0.2, 0.25) is 10.0 Å². The monoisotopic (exact) mass is 425 g/mol. The van der Waals surface area contributed by atoms with Crippen LogP contribution in [0, 0.1) is 23.6 Å². The minimum atomic E-state index is -3.79. The first-order chi connectivity index (χ1) is 13.6. The lowest BCUT2D eigenvalue weighted by Crippen LogP contribution is -2.56. The van der Waals surface area contributed by atoms with E-state index >= 15 is 0 Å². The molecular weight excluding hydrogens is 400 g/mol. The molecule has 6 rings (SSSR count). The first kappa shape index (κ1) is 19.3. The second-order valence-electron chi connectivity index (χ2n) is 9.55. The highest BCUT2D eigenvalue weighted by Gasteiger charge is 2.57. The second-order valence-corrected chi connectivity index (χ2v) is 11.3. The average Bonchev–Trinajstić information content (AvgIpc) is 3.40. The van der Waals surface area contributed by atoms with Gasteiger partial charge in [0, 0.05) is 6.07 Å². The SMILES string of the molecule is CS(=O)(=O)NC(=O)c1cc(C2CC2)c(O[C@H]2C3CC4CC2C[C@](F)(C4)C3)cc1F. The molecule has 0 saturated heterocycles. The van der Waals surface area contributed by atoms with Crippen molar-refractivity contribution in [1.82, 2.24) is 4.72 Å². The highest BCUT2D eigenvalue weighted by molar-refractivity contribution is 7.89. The van der Waals surface area contributed by atoms with Gasteiger partial charge >= 0.3 is 0 Å². The Labute approximate surface area is 169 Å². The molecule has 0 aromatic heterocycles. The molecule has 5 fully saturated rings. The van der Waals surface area contributed by atoms with Crippen LogP contribution in [0.2, 0.25) is 0 Å². The number of nitrogens with one attached hydrogen (secondary N) is 1. The van der Waals surface area contributed by atoms with E-state index in [4.69, 9.17) is 4.74 Å². The third-order valence-corrected chi connectivity index (χ3v) is 7.57. The van der Waals surface area contributed by atoms with Gasteiger partial charge in [-0.05, 0) is 80.2 Å². The fourth-order valence-electron chi connectivity index (χ4n) is 6.00. The summed E-state index contributed by atoms with van der Waals surface area (Å²) in [6.07, 6.45) is 6.19. The first-order valence-electron chi connectivity index (χ1n) is 10.3. The molecule has 1 aromatic carbocycles. The fraction of sp³-hybridized carbons (Fsp3) is 0.667. The Morgan fingerprint density at radius 1 is 1.17 bits per heavy atom. The van der Waals surface area contributed by atoms with Gasteiger partial charge in [0.15, 0.2) is 0 Å². The van der Waals surface area contributed by atoms with Crippen LogP contribution in [0.3, 0.4) is 0 Å². The molecule has 0 radical (unpaired) electrons. The summed E-state index contributed by atoms with van der Waals surface area (Å²) in [6.45, 7) is 0. The maximum absolute atomic E-state index is 14.9.